The highest BCUT2D eigenvalue weighted by atomic mass is 19.4. The predicted octanol–water partition coefficient (Wildman–Crippen LogP) is 2.96. The maximum absolute atomic E-state index is 13.2. The predicted molar refractivity (Wildman–Crippen MR) is 90.2 cm³/mol. The van der Waals surface area contributed by atoms with Crippen molar-refractivity contribution in [1.29, 1.82) is 0 Å². The maximum atomic E-state index is 13.2. The first kappa shape index (κ1) is 19.5. The summed E-state index contributed by atoms with van der Waals surface area (Å²) in [7, 11) is 1.21. The van der Waals surface area contributed by atoms with Gasteiger partial charge in [-0.1, -0.05) is 12.1 Å². The molecule has 148 valence electrons. The van der Waals surface area contributed by atoms with Crippen LogP contribution in [0, 0.1) is 12.7 Å². The van der Waals surface area contributed by atoms with Gasteiger partial charge in [-0.3, -0.25) is 4.79 Å². The molecule has 0 bridgehead atoms. The molecule has 0 saturated heterocycles. The molecule has 1 unspecified atom stereocenters. The van der Waals surface area contributed by atoms with Gasteiger partial charge in [-0.15, -0.1) is 5.10 Å². The second-order valence-corrected chi connectivity index (χ2v) is 5.94. The number of ether oxygens (including phenoxy) is 1. The van der Waals surface area contributed by atoms with E-state index in [0.29, 0.717) is 11.3 Å². The second-order valence-electron chi connectivity index (χ2n) is 5.94. The number of carbonyl (C=O) groups is 1. The molecule has 0 aliphatic carbocycles. The summed E-state index contributed by atoms with van der Waals surface area (Å²) < 4.78 is 57.5. The summed E-state index contributed by atoms with van der Waals surface area (Å²) in [6.07, 6.45) is -4.72. The fraction of sp³-hybridized carbons (Fsp3) is 0.294. The second kappa shape index (κ2) is 7.41. The molecule has 1 aromatic carbocycles. The van der Waals surface area contributed by atoms with Gasteiger partial charge in [0.05, 0.1) is 13.0 Å². The SMILES string of the molecule is COC(=O)C(CNc1cc(C)nc2nc(C(F)(F)F)nn12)c1ccc(F)cc1. The quantitative estimate of drug-likeness (QED) is 0.527. The molecule has 0 spiro atoms. The Hall–Kier alpha value is -3.24. The molecule has 1 atom stereocenters. The zero-order valence-electron chi connectivity index (χ0n) is 14.8. The van der Waals surface area contributed by atoms with Gasteiger partial charge < -0.3 is 10.1 Å². The first-order valence-electron chi connectivity index (χ1n) is 8.08. The maximum Gasteiger partial charge on any atom is 0.453 e. The van der Waals surface area contributed by atoms with Crippen LogP contribution in [0.2, 0.25) is 0 Å². The van der Waals surface area contributed by atoms with E-state index in [1.54, 1.807) is 6.92 Å². The van der Waals surface area contributed by atoms with Gasteiger partial charge in [0.25, 0.3) is 11.6 Å². The molecule has 2 heterocycles. The number of aromatic nitrogens is 4. The number of hydrogen-bond donors (Lipinski definition) is 1. The Morgan fingerprint density at radius 2 is 1.93 bits per heavy atom. The van der Waals surface area contributed by atoms with Crippen LogP contribution in [0.3, 0.4) is 0 Å². The molecular weight excluding hydrogens is 382 g/mol. The van der Waals surface area contributed by atoms with Gasteiger partial charge >= 0.3 is 12.1 Å². The number of alkyl halides is 3. The van der Waals surface area contributed by atoms with Crippen LogP contribution in [-0.4, -0.2) is 39.2 Å². The first-order chi connectivity index (χ1) is 13.2. The fourth-order valence-corrected chi connectivity index (χ4v) is 2.61. The molecule has 1 N–H and O–H groups in total. The Morgan fingerprint density at radius 3 is 2.54 bits per heavy atom. The molecule has 3 aromatic rings. The fourth-order valence-electron chi connectivity index (χ4n) is 2.61. The van der Waals surface area contributed by atoms with Gasteiger partial charge in [-0.2, -0.15) is 22.7 Å². The number of methoxy groups -OCH3 is 1. The van der Waals surface area contributed by atoms with E-state index in [1.807, 2.05) is 0 Å². The standard InChI is InChI=1S/C17H15F4N5O2/c1-9-7-13(26-16(23-9)24-15(25-26)17(19,20)21)22-8-12(14(27)28-2)10-3-5-11(18)6-4-10/h3-7,12,22H,8H2,1-2H3. The van der Waals surface area contributed by atoms with E-state index < -0.39 is 29.7 Å². The number of nitrogens with one attached hydrogen (secondary N) is 1. The van der Waals surface area contributed by atoms with E-state index in [0.717, 1.165) is 4.52 Å². The van der Waals surface area contributed by atoms with Crippen molar-refractivity contribution in [1.82, 2.24) is 19.6 Å². The van der Waals surface area contributed by atoms with E-state index in [1.165, 1.54) is 37.4 Å². The number of nitrogens with zero attached hydrogens (tertiary/aromatic N) is 4. The molecule has 28 heavy (non-hydrogen) atoms. The van der Waals surface area contributed by atoms with Gasteiger partial charge in [-0.25, -0.2) is 9.37 Å². The number of carbonyl (C=O) groups excluding carboxylic acids is 1. The Morgan fingerprint density at radius 1 is 1.25 bits per heavy atom. The number of aryl methyl sites for hydroxylation is 1. The lowest BCUT2D eigenvalue weighted by molar-refractivity contribution is -0.144. The van der Waals surface area contributed by atoms with Crippen molar-refractivity contribution >= 4 is 17.6 Å². The third kappa shape index (κ3) is 4.02. The van der Waals surface area contributed by atoms with Gasteiger partial charge in [0.1, 0.15) is 11.6 Å². The third-order valence-corrected chi connectivity index (χ3v) is 3.94. The molecular formula is C17H15F4N5O2. The van der Waals surface area contributed by atoms with Crippen molar-refractivity contribution in [3.8, 4) is 0 Å². The van der Waals surface area contributed by atoms with Crippen molar-refractivity contribution in [3.05, 3.63) is 53.2 Å². The Balaban J connectivity index is 1.93. The average molecular weight is 397 g/mol. The number of benzene rings is 1. The van der Waals surface area contributed by atoms with Gasteiger partial charge in [0.2, 0.25) is 0 Å². The van der Waals surface area contributed by atoms with Gasteiger partial charge in [-0.05, 0) is 24.6 Å². The normalized spacial score (nSPS) is 12.8. The van der Waals surface area contributed by atoms with Crippen molar-refractivity contribution in [2.45, 2.75) is 19.0 Å². The molecule has 0 fully saturated rings. The first-order valence-corrected chi connectivity index (χ1v) is 8.08. The van der Waals surface area contributed by atoms with Crippen molar-refractivity contribution in [2.24, 2.45) is 0 Å². The van der Waals surface area contributed by atoms with E-state index >= 15 is 0 Å². The lowest BCUT2D eigenvalue weighted by atomic mass is 9.99. The highest BCUT2D eigenvalue weighted by Gasteiger charge is 2.37. The Kier molecular flexibility index (Phi) is 5.16. The monoisotopic (exact) mass is 397 g/mol. The van der Waals surface area contributed by atoms with Crippen LogP contribution in [0.5, 0.6) is 0 Å². The van der Waals surface area contributed by atoms with E-state index in [9.17, 15) is 22.4 Å². The summed E-state index contributed by atoms with van der Waals surface area (Å²) in [6.45, 7) is 1.56. The van der Waals surface area contributed by atoms with Gasteiger partial charge in [0, 0.05) is 18.3 Å². The molecule has 0 aliphatic heterocycles. The molecule has 11 heteroatoms. The van der Waals surface area contributed by atoms with Crippen molar-refractivity contribution in [2.75, 3.05) is 19.0 Å². The number of anilines is 1. The Labute approximate surface area is 156 Å². The zero-order valence-corrected chi connectivity index (χ0v) is 14.8. The minimum atomic E-state index is -4.72. The minimum absolute atomic E-state index is 0.0297. The van der Waals surface area contributed by atoms with Crippen LogP contribution in [0.15, 0.2) is 30.3 Å². The average Bonchev–Trinajstić information content (AvgIpc) is 3.07. The van der Waals surface area contributed by atoms with Gasteiger partial charge in [0.15, 0.2) is 0 Å². The smallest absolute Gasteiger partial charge is 0.453 e. The van der Waals surface area contributed by atoms with Crippen LogP contribution >= 0.6 is 0 Å². The summed E-state index contributed by atoms with van der Waals surface area (Å²) in [5, 5.41) is 6.32. The molecule has 0 saturated carbocycles. The number of esters is 1. The summed E-state index contributed by atoms with van der Waals surface area (Å²) in [6, 6.07) is 6.74. The summed E-state index contributed by atoms with van der Waals surface area (Å²) in [5.74, 6) is -3.26. The van der Waals surface area contributed by atoms with Crippen LogP contribution < -0.4 is 5.32 Å². The molecule has 3 rings (SSSR count). The van der Waals surface area contributed by atoms with Crippen LogP contribution in [-0.2, 0) is 15.7 Å². The summed E-state index contributed by atoms with van der Waals surface area (Å²) >= 11 is 0. The summed E-state index contributed by atoms with van der Waals surface area (Å²) in [5.41, 5.74) is 0.893. The lowest BCUT2D eigenvalue weighted by Gasteiger charge is -2.17. The zero-order chi connectivity index (χ0) is 20.5. The minimum Gasteiger partial charge on any atom is -0.468 e. The number of halogens is 4. The lowest BCUT2D eigenvalue weighted by Crippen LogP contribution is -2.23. The number of fused-ring (bicyclic) bond motifs is 1. The highest BCUT2D eigenvalue weighted by molar-refractivity contribution is 5.78. The van der Waals surface area contributed by atoms with E-state index in [-0.39, 0.29) is 18.1 Å². The number of hydrogen-bond acceptors (Lipinski definition) is 6. The number of rotatable bonds is 5. The molecule has 0 aliphatic rings. The molecule has 2 aromatic heterocycles. The van der Waals surface area contributed by atoms with Crippen LogP contribution in [0.25, 0.3) is 5.78 Å². The topological polar surface area (TPSA) is 81.4 Å². The van der Waals surface area contributed by atoms with Crippen LogP contribution in [0.4, 0.5) is 23.4 Å². The summed E-state index contributed by atoms with van der Waals surface area (Å²) in [4.78, 5) is 19.5. The van der Waals surface area contributed by atoms with Crippen molar-refractivity contribution in [3.63, 3.8) is 0 Å². The van der Waals surface area contributed by atoms with E-state index in [4.69, 9.17) is 4.74 Å². The van der Waals surface area contributed by atoms with Crippen molar-refractivity contribution < 1.29 is 27.1 Å². The molecule has 7 nitrogen and oxygen atoms in total. The third-order valence-electron chi connectivity index (χ3n) is 3.94. The van der Waals surface area contributed by atoms with Crippen LogP contribution in [0.1, 0.15) is 23.0 Å². The molecule has 0 amide bonds. The highest BCUT2D eigenvalue weighted by Crippen LogP contribution is 2.27. The van der Waals surface area contributed by atoms with E-state index in [2.05, 4.69) is 20.4 Å². The largest absolute Gasteiger partial charge is 0.468 e. The Bertz CT molecular complexity index is 1000. The molecule has 0 radical (unpaired) electrons.